The van der Waals surface area contributed by atoms with Crippen molar-refractivity contribution in [1.29, 1.82) is 0 Å². The Hall–Kier alpha value is -3.14. The van der Waals surface area contributed by atoms with Crippen LogP contribution in [-0.4, -0.2) is 39.7 Å². The van der Waals surface area contributed by atoms with Gasteiger partial charge >= 0.3 is 5.69 Å². The summed E-state index contributed by atoms with van der Waals surface area (Å²) < 4.78 is 40.1. The molecule has 0 saturated carbocycles. The molecule has 144 valence electrons. The molecule has 0 atom stereocenters. The molecule has 0 spiro atoms. The minimum Gasteiger partial charge on any atom is -0.496 e. The first-order chi connectivity index (χ1) is 12.8. The highest BCUT2D eigenvalue weighted by Gasteiger charge is 2.19. The molecule has 0 aliphatic rings. The van der Waals surface area contributed by atoms with E-state index in [0.717, 1.165) is 11.5 Å². The summed E-state index contributed by atoms with van der Waals surface area (Å²) in [5, 5.41) is 12.0. The van der Waals surface area contributed by atoms with Crippen LogP contribution in [0.15, 0.2) is 35.9 Å². The average Bonchev–Trinajstić information content (AvgIpc) is 2.65. The molecule has 0 fully saturated rings. The zero-order valence-electron chi connectivity index (χ0n) is 14.9. The number of sulfone groups is 1. The van der Waals surface area contributed by atoms with Crippen LogP contribution in [0.2, 0.25) is 0 Å². The topological polar surface area (TPSA) is 118 Å². The van der Waals surface area contributed by atoms with E-state index in [1.54, 1.807) is 18.2 Å². The van der Waals surface area contributed by atoms with Crippen LogP contribution in [0.5, 0.6) is 17.4 Å². The average molecular weight is 394 g/mol. The van der Waals surface area contributed by atoms with Gasteiger partial charge in [-0.25, -0.2) is 13.4 Å². The maximum absolute atomic E-state index is 12.4. The van der Waals surface area contributed by atoms with Crippen molar-refractivity contribution in [3.05, 3.63) is 57.1 Å². The number of hydrogen-bond donors (Lipinski definition) is 0. The maximum Gasteiger partial charge on any atom is 0.331 e. The van der Waals surface area contributed by atoms with Gasteiger partial charge in [0.25, 0.3) is 5.88 Å². The van der Waals surface area contributed by atoms with Crippen molar-refractivity contribution in [2.75, 3.05) is 21.3 Å². The summed E-state index contributed by atoms with van der Waals surface area (Å²) in [5.41, 5.74) is 0.227. The molecule has 0 amide bonds. The molecule has 0 aliphatic carbocycles. The van der Waals surface area contributed by atoms with Gasteiger partial charge in [-0.3, -0.25) is 10.1 Å². The number of methoxy groups -OCH3 is 3. The molecule has 9 nitrogen and oxygen atoms in total. The number of rotatable bonds is 8. The van der Waals surface area contributed by atoms with Gasteiger partial charge in [0.2, 0.25) is 0 Å². The van der Waals surface area contributed by atoms with E-state index in [1.165, 1.54) is 33.6 Å². The minimum atomic E-state index is -3.74. The molecule has 0 unspecified atom stereocenters. The van der Waals surface area contributed by atoms with Gasteiger partial charge in [-0.15, -0.1) is 0 Å². The Balaban J connectivity index is 2.32. The van der Waals surface area contributed by atoms with Crippen LogP contribution in [0.25, 0.3) is 6.08 Å². The number of benzene rings is 1. The molecule has 27 heavy (non-hydrogen) atoms. The van der Waals surface area contributed by atoms with Crippen LogP contribution < -0.4 is 14.2 Å². The smallest absolute Gasteiger partial charge is 0.331 e. The highest BCUT2D eigenvalue weighted by molar-refractivity contribution is 7.93. The monoisotopic (exact) mass is 394 g/mol. The van der Waals surface area contributed by atoms with E-state index in [-0.39, 0.29) is 11.4 Å². The van der Waals surface area contributed by atoms with Crippen LogP contribution in [-0.2, 0) is 15.6 Å². The molecular formula is C17H18N2O7S. The Morgan fingerprint density at radius 1 is 1.15 bits per heavy atom. The predicted molar refractivity (Wildman–Crippen MR) is 98.6 cm³/mol. The van der Waals surface area contributed by atoms with Crippen LogP contribution >= 0.6 is 0 Å². The van der Waals surface area contributed by atoms with E-state index in [9.17, 15) is 18.5 Å². The van der Waals surface area contributed by atoms with Gasteiger partial charge < -0.3 is 14.2 Å². The summed E-state index contributed by atoms with van der Waals surface area (Å²) in [5.74, 6) is 0.249. The molecule has 1 aromatic heterocycles. The van der Waals surface area contributed by atoms with E-state index in [4.69, 9.17) is 14.2 Å². The van der Waals surface area contributed by atoms with E-state index in [1.807, 2.05) is 0 Å². The lowest BCUT2D eigenvalue weighted by Crippen LogP contribution is -2.03. The summed E-state index contributed by atoms with van der Waals surface area (Å²) >= 11 is 0. The zero-order valence-corrected chi connectivity index (χ0v) is 15.7. The first kappa shape index (κ1) is 20.2. The van der Waals surface area contributed by atoms with Gasteiger partial charge in [-0.05, 0) is 23.8 Å². The first-order valence-corrected chi connectivity index (χ1v) is 9.32. The summed E-state index contributed by atoms with van der Waals surface area (Å²) in [4.78, 5) is 14.1. The van der Waals surface area contributed by atoms with Crippen molar-refractivity contribution in [1.82, 2.24) is 4.98 Å². The van der Waals surface area contributed by atoms with Gasteiger partial charge in [0, 0.05) is 17.7 Å². The van der Waals surface area contributed by atoms with E-state index < -0.39 is 26.2 Å². The minimum absolute atomic E-state index is 0.166. The van der Waals surface area contributed by atoms with Crippen LogP contribution in [0.1, 0.15) is 11.1 Å². The fraction of sp³-hybridized carbons (Fsp3) is 0.235. The molecule has 1 aromatic carbocycles. The van der Waals surface area contributed by atoms with Crippen LogP contribution in [0.3, 0.4) is 0 Å². The van der Waals surface area contributed by atoms with Crippen LogP contribution in [0, 0.1) is 10.1 Å². The van der Waals surface area contributed by atoms with Crippen molar-refractivity contribution >= 4 is 21.6 Å². The van der Waals surface area contributed by atoms with Gasteiger partial charge in [-0.2, -0.15) is 0 Å². The van der Waals surface area contributed by atoms with Gasteiger partial charge in [0.05, 0.1) is 37.6 Å². The Labute approximate surface area is 156 Å². The predicted octanol–water partition coefficient (Wildman–Crippen LogP) is 2.60. The number of ether oxygens (including phenoxy) is 3. The lowest BCUT2D eigenvalue weighted by Gasteiger charge is -2.09. The van der Waals surface area contributed by atoms with Crippen molar-refractivity contribution in [3.63, 3.8) is 0 Å². The number of nitro groups is 1. The second kappa shape index (κ2) is 8.49. The molecule has 1 heterocycles. The second-order valence-corrected chi connectivity index (χ2v) is 7.20. The molecule has 2 aromatic rings. The third-order valence-corrected chi connectivity index (χ3v) is 4.84. The maximum atomic E-state index is 12.4. The molecule has 0 radical (unpaired) electrons. The largest absolute Gasteiger partial charge is 0.496 e. The number of hydrogen-bond acceptors (Lipinski definition) is 8. The Morgan fingerprint density at radius 3 is 2.30 bits per heavy atom. The van der Waals surface area contributed by atoms with E-state index in [0.29, 0.717) is 17.1 Å². The fourth-order valence-corrected chi connectivity index (χ4v) is 3.41. The van der Waals surface area contributed by atoms with Gasteiger partial charge in [-0.1, -0.05) is 6.07 Å². The quantitative estimate of drug-likeness (QED) is 0.495. The normalized spacial score (nSPS) is 11.4. The lowest BCUT2D eigenvalue weighted by molar-refractivity contribution is -0.386. The number of pyridine rings is 1. The summed E-state index contributed by atoms with van der Waals surface area (Å²) in [7, 11) is 0.427. The molecule has 10 heteroatoms. The fourth-order valence-electron chi connectivity index (χ4n) is 2.35. The zero-order chi connectivity index (χ0) is 20.0. The van der Waals surface area contributed by atoms with Gasteiger partial charge in [0.1, 0.15) is 11.5 Å². The highest BCUT2D eigenvalue weighted by Crippen LogP contribution is 2.30. The molecule has 0 aliphatic heterocycles. The highest BCUT2D eigenvalue weighted by atomic mass is 32.2. The molecule has 0 saturated heterocycles. The van der Waals surface area contributed by atoms with Crippen molar-refractivity contribution in [2.45, 2.75) is 5.75 Å². The molecule has 0 bridgehead atoms. The molecule has 0 N–H and O–H groups in total. The Kier molecular flexibility index (Phi) is 6.35. The van der Waals surface area contributed by atoms with Crippen LogP contribution in [0.4, 0.5) is 5.69 Å². The van der Waals surface area contributed by atoms with Gasteiger partial charge in [0.15, 0.2) is 9.84 Å². The summed E-state index contributed by atoms with van der Waals surface area (Å²) in [6.45, 7) is 0. The Morgan fingerprint density at radius 2 is 1.78 bits per heavy atom. The van der Waals surface area contributed by atoms with E-state index >= 15 is 0 Å². The SMILES string of the molecule is COc1cccc(OC)c1C=CS(=O)(=O)Cc1cnc(OC)c([N+](=O)[O-])c1. The first-order valence-electron chi connectivity index (χ1n) is 7.60. The molecule has 2 rings (SSSR count). The molecular weight excluding hydrogens is 376 g/mol. The summed E-state index contributed by atoms with van der Waals surface area (Å²) in [6.07, 6.45) is 2.58. The number of nitrogens with zero attached hydrogens (tertiary/aromatic N) is 2. The second-order valence-electron chi connectivity index (χ2n) is 5.32. The van der Waals surface area contributed by atoms with Crippen molar-refractivity contribution in [3.8, 4) is 17.4 Å². The lowest BCUT2D eigenvalue weighted by atomic mass is 10.2. The van der Waals surface area contributed by atoms with Crippen molar-refractivity contribution < 1.29 is 27.6 Å². The summed E-state index contributed by atoms with van der Waals surface area (Å²) in [6, 6.07) is 6.18. The van der Waals surface area contributed by atoms with Crippen molar-refractivity contribution in [2.24, 2.45) is 0 Å². The number of aromatic nitrogens is 1. The Bertz CT molecular complexity index is 949. The third kappa shape index (κ3) is 4.94. The third-order valence-electron chi connectivity index (χ3n) is 3.55. The van der Waals surface area contributed by atoms with E-state index in [2.05, 4.69) is 4.98 Å². The standard InChI is InChI=1S/C17H18N2O7S/c1-24-15-5-4-6-16(25-2)13(15)7-8-27(22,23)11-12-9-14(19(20)21)17(26-3)18-10-12/h4-10H,11H2,1-3H3.